The van der Waals surface area contributed by atoms with Crippen LogP contribution in [0.15, 0.2) is 36.7 Å². The summed E-state index contributed by atoms with van der Waals surface area (Å²) in [6, 6.07) is 8.34. The highest BCUT2D eigenvalue weighted by Gasteiger charge is 2.51. The van der Waals surface area contributed by atoms with Crippen LogP contribution in [0.5, 0.6) is 0 Å². The summed E-state index contributed by atoms with van der Waals surface area (Å²) in [6.07, 6.45) is 15.7. The lowest BCUT2D eigenvalue weighted by atomic mass is 9.51. The number of hydrogen-bond donors (Lipinski definition) is 4. The Balaban J connectivity index is 0.901. The molecule has 0 radical (unpaired) electrons. The minimum Gasteiger partial charge on any atom is -0.453 e. The van der Waals surface area contributed by atoms with Gasteiger partial charge in [0.1, 0.15) is 17.7 Å². The summed E-state index contributed by atoms with van der Waals surface area (Å²) in [5.74, 6) is 1.95. The second-order valence-corrected chi connectivity index (χ2v) is 18.5. The van der Waals surface area contributed by atoms with Gasteiger partial charge in [-0.3, -0.25) is 9.59 Å². The van der Waals surface area contributed by atoms with E-state index in [9.17, 15) is 14.4 Å². The predicted octanol–water partition coefficient (Wildman–Crippen LogP) is 6.84. The van der Waals surface area contributed by atoms with Crippen molar-refractivity contribution in [2.75, 3.05) is 33.4 Å². The van der Waals surface area contributed by atoms with Crippen LogP contribution in [-0.4, -0.2) is 99.2 Å². The quantitative estimate of drug-likeness (QED) is 0.155. The van der Waals surface area contributed by atoms with E-state index in [1.807, 2.05) is 24.9 Å². The van der Waals surface area contributed by atoms with E-state index in [-0.39, 0.29) is 52.6 Å². The van der Waals surface area contributed by atoms with Crippen molar-refractivity contribution in [2.45, 2.75) is 146 Å². The number of amides is 3. The van der Waals surface area contributed by atoms with Gasteiger partial charge >= 0.3 is 6.09 Å². The molecule has 0 spiro atoms. The molecule has 4 N–H and O–H groups in total. The average molecular weight is 797 g/mol. The Labute approximate surface area is 343 Å². The highest BCUT2D eigenvalue weighted by atomic mass is 16.5. The van der Waals surface area contributed by atoms with Gasteiger partial charge in [0.2, 0.25) is 11.8 Å². The molecular formula is C45H64N8O5. The summed E-state index contributed by atoms with van der Waals surface area (Å²) in [6.45, 7) is 11.1. The number of alkyl carbamates (subject to hydrolysis) is 1. The number of imidazole rings is 2. The van der Waals surface area contributed by atoms with Gasteiger partial charge in [-0.15, -0.1) is 0 Å². The van der Waals surface area contributed by atoms with Crippen LogP contribution in [0.25, 0.3) is 11.3 Å². The molecule has 4 atom stereocenters. The second-order valence-electron chi connectivity index (χ2n) is 18.5. The minimum absolute atomic E-state index is 0.00159. The number of aromatic amines is 2. The molecule has 3 saturated heterocycles. The van der Waals surface area contributed by atoms with Crippen molar-refractivity contribution in [1.29, 1.82) is 0 Å². The molecule has 9 rings (SSSR count). The summed E-state index contributed by atoms with van der Waals surface area (Å²) in [5, 5.41) is 6.43. The molecule has 2 bridgehead atoms. The third-order valence-electron chi connectivity index (χ3n) is 14.5. The van der Waals surface area contributed by atoms with Crippen LogP contribution in [0.1, 0.15) is 140 Å². The van der Waals surface area contributed by atoms with Gasteiger partial charge in [0.15, 0.2) is 0 Å². The van der Waals surface area contributed by atoms with Crippen LogP contribution < -0.4 is 10.6 Å². The number of ether oxygens (including phenoxy) is 2. The largest absolute Gasteiger partial charge is 0.453 e. The van der Waals surface area contributed by atoms with Crippen LogP contribution in [-0.2, 0) is 29.9 Å². The van der Waals surface area contributed by atoms with Gasteiger partial charge in [0, 0.05) is 49.7 Å². The van der Waals surface area contributed by atoms with Crippen molar-refractivity contribution in [2.24, 2.45) is 11.8 Å². The summed E-state index contributed by atoms with van der Waals surface area (Å²) < 4.78 is 10.4. The Morgan fingerprint density at radius 2 is 1.31 bits per heavy atom. The van der Waals surface area contributed by atoms with Crippen molar-refractivity contribution >= 4 is 17.9 Å². The maximum Gasteiger partial charge on any atom is 0.407 e. The number of benzene rings is 1. The van der Waals surface area contributed by atoms with Crippen LogP contribution in [0.3, 0.4) is 0 Å². The first-order chi connectivity index (χ1) is 28.0. The number of nitrogens with zero attached hydrogens (tertiary/aromatic N) is 4. The number of likely N-dealkylation sites (tertiary alicyclic amines) is 2. The zero-order valence-electron chi connectivity index (χ0n) is 35.1. The van der Waals surface area contributed by atoms with E-state index in [0.717, 1.165) is 120 Å². The Morgan fingerprint density at radius 1 is 0.759 bits per heavy atom. The lowest BCUT2D eigenvalue weighted by Gasteiger charge is -2.53. The molecule has 58 heavy (non-hydrogen) atoms. The summed E-state index contributed by atoms with van der Waals surface area (Å²) >= 11 is 0. The van der Waals surface area contributed by atoms with E-state index >= 15 is 0 Å². The number of rotatable bonds is 12. The first-order valence-corrected chi connectivity index (χ1v) is 22.0. The number of fused-ring (bicyclic) bond motifs is 3. The normalized spacial score (nSPS) is 27.4. The molecule has 314 valence electrons. The number of aromatic nitrogens is 4. The summed E-state index contributed by atoms with van der Waals surface area (Å²) in [4.78, 5) is 60.7. The van der Waals surface area contributed by atoms with Gasteiger partial charge in [0.05, 0.1) is 37.1 Å². The van der Waals surface area contributed by atoms with Gasteiger partial charge in [-0.1, -0.05) is 52.0 Å². The average Bonchev–Trinajstić information content (AvgIpc) is 4.09. The van der Waals surface area contributed by atoms with Crippen LogP contribution in [0.4, 0.5) is 4.79 Å². The van der Waals surface area contributed by atoms with Gasteiger partial charge in [-0.25, -0.2) is 14.8 Å². The molecule has 6 aliphatic rings. The van der Waals surface area contributed by atoms with Gasteiger partial charge < -0.3 is 39.9 Å². The highest BCUT2D eigenvalue weighted by Crippen LogP contribution is 2.58. The molecule has 13 nitrogen and oxygen atoms in total. The third kappa shape index (κ3) is 7.80. The van der Waals surface area contributed by atoms with Crippen molar-refractivity contribution in [1.82, 2.24) is 40.4 Å². The second kappa shape index (κ2) is 16.8. The molecule has 3 saturated carbocycles. The minimum atomic E-state index is -0.663. The van der Waals surface area contributed by atoms with E-state index in [1.165, 1.54) is 18.4 Å². The fraction of sp³-hybridized carbons (Fsp3) is 0.667. The molecule has 3 aromatic rings. The van der Waals surface area contributed by atoms with Crippen molar-refractivity contribution < 1.29 is 23.9 Å². The maximum absolute atomic E-state index is 14.1. The Kier molecular flexibility index (Phi) is 11.7. The smallest absolute Gasteiger partial charge is 0.407 e. The molecule has 3 aliphatic heterocycles. The Hall–Kier alpha value is -4.23. The fourth-order valence-corrected chi connectivity index (χ4v) is 10.8. The molecular weight excluding hydrogens is 733 g/mol. The lowest BCUT2D eigenvalue weighted by molar-refractivity contribution is -0.136. The molecule has 1 aromatic carbocycles. The molecule has 3 aliphatic carbocycles. The standard InChI is InChI=1S/C45H64N8O5/c1-28(2)37(48-32-14-24-58-25-15-32)41(54)53-23-7-9-35(53)40-47-27-36(50-40)45-19-16-44(17-20-45,18-21-45)31-12-10-30(11-13-31)33-26-46-39(49-33)34-8-6-22-52(34)42(55)38(29(3)4)51-43(56)57-5/h10-13,26-29,32,34-35,37-38,48H,6-9,14-25H2,1-5H3,(H,46,49)(H,47,50)(H,51,56)/t34-,35-,37-,38-,44?,45?/m0/s1. The van der Waals surface area contributed by atoms with Crippen molar-refractivity contribution in [3.63, 3.8) is 0 Å². The van der Waals surface area contributed by atoms with E-state index in [0.29, 0.717) is 12.6 Å². The van der Waals surface area contributed by atoms with Crippen LogP contribution >= 0.6 is 0 Å². The van der Waals surface area contributed by atoms with E-state index in [1.54, 1.807) is 0 Å². The van der Waals surface area contributed by atoms with E-state index < -0.39 is 12.1 Å². The van der Waals surface area contributed by atoms with Gasteiger partial charge in [-0.2, -0.15) is 0 Å². The first-order valence-electron chi connectivity index (χ1n) is 22.0. The topological polar surface area (TPSA) is 158 Å². The van der Waals surface area contributed by atoms with Crippen molar-refractivity contribution in [3.8, 4) is 11.3 Å². The maximum atomic E-state index is 14.1. The summed E-state index contributed by atoms with van der Waals surface area (Å²) in [7, 11) is 1.31. The molecule has 6 fully saturated rings. The number of carbonyl (C=O) groups is 3. The van der Waals surface area contributed by atoms with Gasteiger partial charge in [-0.05, 0) is 105 Å². The number of nitrogens with one attached hydrogen (secondary N) is 4. The number of methoxy groups -OCH3 is 1. The van der Waals surface area contributed by atoms with Crippen LogP contribution in [0, 0.1) is 11.8 Å². The molecule has 2 aromatic heterocycles. The zero-order valence-corrected chi connectivity index (χ0v) is 35.1. The number of H-pyrrole nitrogens is 2. The molecule has 13 heteroatoms. The monoisotopic (exact) mass is 796 g/mol. The van der Waals surface area contributed by atoms with E-state index in [4.69, 9.17) is 19.4 Å². The molecule has 5 heterocycles. The predicted molar refractivity (Wildman–Crippen MR) is 221 cm³/mol. The van der Waals surface area contributed by atoms with Crippen molar-refractivity contribution in [3.05, 3.63) is 59.6 Å². The Morgan fingerprint density at radius 3 is 1.90 bits per heavy atom. The number of hydrogen-bond acceptors (Lipinski definition) is 8. The highest BCUT2D eigenvalue weighted by molar-refractivity contribution is 5.86. The number of carbonyl (C=O) groups excluding carboxylic acids is 3. The Bertz CT molecular complexity index is 1890. The molecule has 0 unspecified atom stereocenters. The lowest BCUT2D eigenvalue weighted by Crippen LogP contribution is -2.53. The zero-order chi connectivity index (χ0) is 40.6. The SMILES string of the molecule is COC(=O)N[C@H](C(=O)N1CCC[C@H]1c1ncc(-c2ccc(C34CCC(c5cnc([C@@H]6CCCN6C(=O)[C@@H](NC6CCOCC6)C(C)C)[nH]5)(CC3)CC4)cc2)[nH]1)C(C)C. The van der Waals surface area contributed by atoms with Gasteiger partial charge in [0.25, 0.3) is 0 Å². The summed E-state index contributed by atoms with van der Waals surface area (Å²) in [5.41, 5.74) is 4.96. The third-order valence-corrected chi connectivity index (χ3v) is 14.5. The first kappa shape index (κ1) is 40.5. The fourth-order valence-electron chi connectivity index (χ4n) is 10.8. The molecule has 3 amide bonds. The van der Waals surface area contributed by atoms with Crippen LogP contribution in [0.2, 0.25) is 0 Å². The van der Waals surface area contributed by atoms with E-state index in [2.05, 4.69) is 69.8 Å².